The van der Waals surface area contributed by atoms with E-state index in [0.29, 0.717) is 18.2 Å². The number of carbonyl (C=O) groups is 2. The Kier molecular flexibility index (Phi) is 5.45. The first kappa shape index (κ1) is 17.1. The number of primary amides is 1. The fourth-order valence-corrected chi connectivity index (χ4v) is 2.76. The van der Waals surface area contributed by atoms with Crippen molar-refractivity contribution in [2.75, 3.05) is 11.9 Å². The maximum atomic E-state index is 12.5. The number of nitrogens with two attached hydrogens (primary N) is 1. The predicted molar refractivity (Wildman–Crippen MR) is 88.1 cm³/mol. The molecule has 1 atom stereocenters. The Bertz CT molecular complexity index is 652. The van der Waals surface area contributed by atoms with Crippen molar-refractivity contribution in [2.45, 2.75) is 32.2 Å². The zero-order valence-electron chi connectivity index (χ0n) is 12.9. The molecule has 1 aliphatic rings. The Morgan fingerprint density at radius 1 is 1.52 bits per heavy atom. The van der Waals surface area contributed by atoms with Gasteiger partial charge in [-0.25, -0.2) is 4.79 Å². The van der Waals surface area contributed by atoms with Gasteiger partial charge >= 0.3 is 6.03 Å². The fourth-order valence-electron chi connectivity index (χ4n) is 2.48. The molecule has 1 saturated carbocycles. The van der Waals surface area contributed by atoms with Crippen LogP contribution in [-0.4, -0.2) is 29.4 Å². The van der Waals surface area contributed by atoms with Gasteiger partial charge in [0.1, 0.15) is 0 Å². The number of halogens is 1. The normalized spacial score (nSPS) is 14.7. The van der Waals surface area contributed by atoms with Crippen LogP contribution in [0.2, 0.25) is 5.02 Å². The fraction of sp³-hybridized carbons (Fsp3) is 0.438. The molecule has 122 valence electrons. The summed E-state index contributed by atoms with van der Waals surface area (Å²) in [7, 11) is 0. The molecule has 6 nitrogen and oxygen atoms in total. The first-order valence-corrected chi connectivity index (χ1v) is 7.85. The third-order valence-corrected chi connectivity index (χ3v) is 4.32. The number of hydrogen-bond acceptors (Lipinski definition) is 3. The van der Waals surface area contributed by atoms with Crippen molar-refractivity contribution in [1.82, 2.24) is 4.90 Å². The van der Waals surface area contributed by atoms with Crippen LogP contribution in [0.3, 0.4) is 0 Å². The Labute approximate surface area is 140 Å². The van der Waals surface area contributed by atoms with Gasteiger partial charge in [0.25, 0.3) is 0 Å². The van der Waals surface area contributed by atoms with E-state index in [1.165, 1.54) is 12.1 Å². The Morgan fingerprint density at radius 3 is 2.74 bits per heavy atom. The summed E-state index contributed by atoms with van der Waals surface area (Å²) in [5.41, 5.74) is 5.89. The number of nitrogens with one attached hydrogen (secondary N) is 1. The van der Waals surface area contributed by atoms with Crippen LogP contribution in [-0.2, 0) is 0 Å². The average Bonchev–Trinajstić information content (AvgIpc) is 3.31. The van der Waals surface area contributed by atoms with E-state index >= 15 is 0 Å². The number of anilines is 1. The van der Waals surface area contributed by atoms with Crippen molar-refractivity contribution >= 4 is 29.2 Å². The molecule has 23 heavy (non-hydrogen) atoms. The van der Waals surface area contributed by atoms with Gasteiger partial charge in [-0.15, -0.1) is 0 Å². The SMILES string of the molecule is CC(C1CC1)N(CCC#N)C(=O)Nc1ccc(C(N)=O)c(Cl)c1. The summed E-state index contributed by atoms with van der Waals surface area (Å²) >= 11 is 5.99. The summed E-state index contributed by atoms with van der Waals surface area (Å²) in [4.78, 5) is 25.3. The Balaban J connectivity index is 2.09. The summed E-state index contributed by atoms with van der Waals surface area (Å²) < 4.78 is 0. The molecule has 7 heteroatoms. The molecule has 0 saturated heterocycles. The minimum absolute atomic E-state index is 0.0868. The third-order valence-electron chi connectivity index (χ3n) is 4.01. The molecule has 0 spiro atoms. The van der Waals surface area contributed by atoms with E-state index in [4.69, 9.17) is 22.6 Å². The van der Waals surface area contributed by atoms with E-state index in [1.807, 2.05) is 6.92 Å². The molecular formula is C16H19ClN4O2. The molecule has 0 aliphatic heterocycles. The number of hydrogen-bond donors (Lipinski definition) is 2. The van der Waals surface area contributed by atoms with Crippen molar-refractivity contribution in [2.24, 2.45) is 11.7 Å². The maximum absolute atomic E-state index is 12.5. The molecule has 2 rings (SSSR count). The summed E-state index contributed by atoms with van der Waals surface area (Å²) in [6, 6.07) is 6.42. The molecule has 1 aliphatic carbocycles. The van der Waals surface area contributed by atoms with Crippen molar-refractivity contribution in [3.63, 3.8) is 0 Å². The van der Waals surface area contributed by atoms with Crippen molar-refractivity contribution in [3.8, 4) is 6.07 Å². The van der Waals surface area contributed by atoms with Crippen molar-refractivity contribution in [3.05, 3.63) is 28.8 Å². The molecule has 1 aromatic carbocycles. The second-order valence-corrected chi connectivity index (χ2v) is 6.08. The van der Waals surface area contributed by atoms with Gasteiger partial charge in [0.15, 0.2) is 0 Å². The van der Waals surface area contributed by atoms with E-state index in [9.17, 15) is 9.59 Å². The molecule has 0 bridgehead atoms. The highest BCUT2D eigenvalue weighted by Crippen LogP contribution is 2.35. The van der Waals surface area contributed by atoms with Crippen LogP contribution in [0.1, 0.15) is 36.5 Å². The van der Waals surface area contributed by atoms with Crippen molar-refractivity contribution < 1.29 is 9.59 Å². The van der Waals surface area contributed by atoms with E-state index in [-0.39, 0.29) is 29.1 Å². The zero-order chi connectivity index (χ0) is 17.0. The topological polar surface area (TPSA) is 99.2 Å². The van der Waals surface area contributed by atoms with Crippen LogP contribution < -0.4 is 11.1 Å². The Hall–Kier alpha value is -2.26. The van der Waals surface area contributed by atoms with Gasteiger partial charge in [0, 0.05) is 18.3 Å². The molecule has 3 N–H and O–H groups in total. The molecule has 1 aromatic rings. The first-order valence-electron chi connectivity index (χ1n) is 7.48. The second-order valence-electron chi connectivity index (χ2n) is 5.67. The van der Waals surface area contributed by atoms with Gasteiger partial charge in [0.2, 0.25) is 5.91 Å². The maximum Gasteiger partial charge on any atom is 0.322 e. The minimum Gasteiger partial charge on any atom is -0.366 e. The standard InChI is InChI=1S/C16H19ClN4O2/c1-10(11-3-4-11)21(8-2-7-18)16(23)20-12-5-6-13(15(19)22)14(17)9-12/h5-6,9-11H,2-4,8H2,1H3,(H2,19,22)(H,20,23). The lowest BCUT2D eigenvalue weighted by Crippen LogP contribution is -2.43. The predicted octanol–water partition coefficient (Wildman–Crippen LogP) is 2.98. The minimum atomic E-state index is -0.620. The Morgan fingerprint density at radius 2 is 2.22 bits per heavy atom. The number of nitriles is 1. The number of amides is 3. The van der Waals surface area contributed by atoms with Crippen LogP contribution in [0.25, 0.3) is 0 Å². The molecule has 0 radical (unpaired) electrons. The highest BCUT2D eigenvalue weighted by molar-refractivity contribution is 6.34. The van der Waals surface area contributed by atoms with Gasteiger partial charge in [-0.05, 0) is 43.9 Å². The highest BCUT2D eigenvalue weighted by atomic mass is 35.5. The lowest BCUT2D eigenvalue weighted by molar-refractivity contribution is 0.100. The lowest BCUT2D eigenvalue weighted by Gasteiger charge is -2.29. The molecule has 1 fully saturated rings. The first-order chi connectivity index (χ1) is 10.9. The van der Waals surface area contributed by atoms with E-state index in [2.05, 4.69) is 11.4 Å². The van der Waals surface area contributed by atoms with Crippen LogP contribution in [0.5, 0.6) is 0 Å². The molecule has 1 unspecified atom stereocenters. The van der Waals surface area contributed by atoms with Gasteiger partial charge in [-0.2, -0.15) is 5.26 Å². The summed E-state index contributed by atoms with van der Waals surface area (Å²) in [5, 5.41) is 11.7. The monoisotopic (exact) mass is 334 g/mol. The third kappa shape index (κ3) is 4.36. The number of rotatable bonds is 6. The zero-order valence-corrected chi connectivity index (χ0v) is 13.6. The van der Waals surface area contributed by atoms with E-state index in [0.717, 1.165) is 12.8 Å². The molecule has 0 aromatic heterocycles. The van der Waals surface area contributed by atoms with E-state index in [1.54, 1.807) is 11.0 Å². The molecular weight excluding hydrogens is 316 g/mol. The smallest absolute Gasteiger partial charge is 0.322 e. The van der Waals surface area contributed by atoms with Crippen LogP contribution in [0, 0.1) is 17.2 Å². The van der Waals surface area contributed by atoms with Crippen LogP contribution in [0.15, 0.2) is 18.2 Å². The van der Waals surface area contributed by atoms with Gasteiger partial charge < -0.3 is 16.0 Å². The average molecular weight is 335 g/mol. The second kappa shape index (κ2) is 7.34. The van der Waals surface area contributed by atoms with Crippen LogP contribution >= 0.6 is 11.6 Å². The summed E-state index contributed by atoms with van der Waals surface area (Å²) in [6.07, 6.45) is 2.50. The number of benzene rings is 1. The summed E-state index contributed by atoms with van der Waals surface area (Å²) in [6.45, 7) is 2.38. The van der Waals surface area contributed by atoms with Gasteiger partial charge in [-0.3, -0.25) is 4.79 Å². The number of nitrogens with zero attached hydrogens (tertiary/aromatic N) is 2. The van der Waals surface area contributed by atoms with Gasteiger partial charge in [-0.1, -0.05) is 11.6 Å². The molecule has 3 amide bonds. The quantitative estimate of drug-likeness (QED) is 0.836. The lowest BCUT2D eigenvalue weighted by atomic mass is 10.1. The molecule has 0 heterocycles. The van der Waals surface area contributed by atoms with Crippen molar-refractivity contribution in [1.29, 1.82) is 5.26 Å². The largest absolute Gasteiger partial charge is 0.366 e. The summed E-state index contributed by atoms with van der Waals surface area (Å²) in [5.74, 6) is -0.119. The number of urea groups is 1. The van der Waals surface area contributed by atoms with Gasteiger partial charge in [0.05, 0.1) is 23.1 Å². The highest BCUT2D eigenvalue weighted by Gasteiger charge is 2.34. The van der Waals surface area contributed by atoms with E-state index < -0.39 is 5.91 Å². The number of carbonyl (C=O) groups excluding carboxylic acids is 2. The van der Waals surface area contributed by atoms with Crippen LogP contribution in [0.4, 0.5) is 10.5 Å².